The molecule has 0 saturated carbocycles. The maximum Gasteiger partial charge on any atom is 0.433 e. The van der Waals surface area contributed by atoms with Gasteiger partial charge in [0.2, 0.25) is 0 Å². The normalized spacial score (nSPS) is 12.2. The van der Waals surface area contributed by atoms with Gasteiger partial charge in [0.15, 0.2) is 5.69 Å². The van der Waals surface area contributed by atoms with E-state index >= 15 is 0 Å². The lowest BCUT2D eigenvalue weighted by Gasteiger charge is -2.14. The zero-order chi connectivity index (χ0) is 10.9. The summed E-state index contributed by atoms with van der Waals surface area (Å²) in [7, 11) is 0. The lowest BCUT2D eigenvalue weighted by Crippen LogP contribution is -2.14. The first-order chi connectivity index (χ1) is 6.34. The lowest BCUT2D eigenvalue weighted by molar-refractivity contribution is -0.142. The van der Waals surface area contributed by atoms with E-state index in [0.29, 0.717) is 0 Å². The van der Waals surface area contributed by atoms with Crippen LogP contribution < -0.4 is 0 Å². The van der Waals surface area contributed by atoms with Gasteiger partial charge in [-0.15, -0.1) is 0 Å². The quantitative estimate of drug-likeness (QED) is 0.685. The molecule has 14 heavy (non-hydrogen) atoms. The van der Waals surface area contributed by atoms with Crippen molar-refractivity contribution in [3.05, 3.63) is 22.7 Å². The number of rotatable bonds is 1. The highest BCUT2D eigenvalue weighted by molar-refractivity contribution is 6.30. The molecule has 78 valence electrons. The molecule has 0 fully saturated rings. The molecule has 2 nitrogen and oxygen atoms in total. The Kier molecular flexibility index (Phi) is 2.99. The van der Waals surface area contributed by atoms with E-state index in [2.05, 4.69) is 9.97 Å². The van der Waals surface area contributed by atoms with Crippen LogP contribution in [0.2, 0.25) is 5.15 Å². The topological polar surface area (TPSA) is 25.8 Å². The Morgan fingerprint density at radius 2 is 1.86 bits per heavy atom. The second kappa shape index (κ2) is 3.73. The molecule has 1 aromatic rings. The molecule has 0 N–H and O–H groups in total. The van der Waals surface area contributed by atoms with Crippen molar-refractivity contribution in [3.63, 3.8) is 0 Å². The van der Waals surface area contributed by atoms with Gasteiger partial charge in [0.05, 0.1) is 0 Å². The number of halogens is 4. The van der Waals surface area contributed by atoms with Crippen molar-refractivity contribution in [1.29, 1.82) is 0 Å². The molecule has 0 aromatic carbocycles. The third-order valence-corrected chi connectivity index (χ3v) is 1.98. The second-order valence-corrected chi connectivity index (χ2v) is 3.44. The van der Waals surface area contributed by atoms with Crippen LogP contribution in [-0.2, 0) is 6.18 Å². The van der Waals surface area contributed by atoms with Gasteiger partial charge in [-0.2, -0.15) is 13.2 Å². The molecule has 1 aromatic heterocycles. The third kappa shape index (κ3) is 2.15. The van der Waals surface area contributed by atoms with Crippen LogP contribution >= 0.6 is 11.6 Å². The summed E-state index contributed by atoms with van der Waals surface area (Å²) in [6, 6.07) is 0. The maximum absolute atomic E-state index is 12.4. The maximum atomic E-state index is 12.4. The first-order valence-electron chi connectivity index (χ1n) is 3.91. The van der Waals surface area contributed by atoms with Crippen LogP contribution in [0.1, 0.15) is 31.0 Å². The van der Waals surface area contributed by atoms with Crippen LogP contribution in [0.25, 0.3) is 0 Å². The van der Waals surface area contributed by atoms with Crippen molar-refractivity contribution < 1.29 is 13.2 Å². The molecule has 0 aliphatic rings. The number of aromatic nitrogens is 2. The predicted octanol–water partition coefficient (Wildman–Crippen LogP) is 3.27. The van der Waals surface area contributed by atoms with E-state index in [1.807, 2.05) is 0 Å². The molecule has 0 bridgehead atoms. The summed E-state index contributed by atoms with van der Waals surface area (Å²) < 4.78 is 37.3. The molecule has 1 heterocycles. The SMILES string of the molecule is CC(C)c1c(Cl)ncnc1C(F)(F)F. The monoisotopic (exact) mass is 224 g/mol. The minimum absolute atomic E-state index is 0.0540. The van der Waals surface area contributed by atoms with Gasteiger partial charge in [-0.1, -0.05) is 25.4 Å². The largest absolute Gasteiger partial charge is 0.433 e. The van der Waals surface area contributed by atoms with Crippen LogP contribution in [-0.4, -0.2) is 9.97 Å². The fourth-order valence-electron chi connectivity index (χ4n) is 1.11. The summed E-state index contributed by atoms with van der Waals surface area (Å²) in [6.45, 7) is 3.22. The third-order valence-electron chi connectivity index (χ3n) is 1.68. The van der Waals surface area contributed by atoms with E-state index in [4.69, 9.17) is 11.6 Å². The fourth-order valence-corrected chi connectivity index (χ4v) is 1.46. The Hall–Kier alpha value is -0.840. The van der Waals surface area contributed by atoms with E-state index in [1.54, 1.807) is 13.8 Å². The minimum Gasteiger partial charge on any atom is -0.231 e. The van der Waals surface area contributed by atoms with Gasteiger partial charge in [0.1, 0.15) is 11.5 Å². The van der Waals surface area contributed by atoms with Crippen molar-refractivity contribution in [1.82, 2.24) is 9.97 Å². The van der Waals surface area contributed by atoms with E-state index in [9.17, 15) is 13.2 Å². The Morgan fingerprint density at radius 3 is 2.21 bits per heavy atom. The van der Waals surface area contributed by atoms with Crippen LogP contribution in [0.3, 0.4) is 0 Å². The average Bonchev–Trinajstić information content (AvgIpc) is 2.01. The van der Waals surface area contributed by atoms with Crippen molar-refractivity contribution >= 4 is 11.6 Å². The Labute approximate surface area is 84.1 Å². The number of nitrogens with zero attached hydrogens (tertiary/aromatic N) is 2. The van der Waals surface area contributed by atoms with Gasteiger partial charge in [-0.05, 0) is 5.92 Å². The fraction of sp³-hybridized carbons (Fsp3) is 0.500. The second-order valence-electron chi connectivity index (χ2n) is 3.08. The molecule has 0 spiro atoms. The number of alkyl halides is 3. The Morgan fingerprint density at radius 1 is 1.29 bits per heavy atom. The number of hydrogen-bond acceptors (Lipinski definition) is 2. The molecule has 0 aliphatic carbocycles. The Bertz CT molecular complexity index is 336. The van der Waals surface area contributed by atoms with E-state index in [1.165, 1.54) is 0 Å². The van der Waals surface area contributed by atoms with Crippen LogP contribution in [0.4, 0.5) is 13.2 Å². The van der Waals surface area contributed by atoms with Crippen molar-refractivity contribution in [2.24, 2.45) is 0 Å². The summed E-state index contributed by atoms with van der Waals surface area (Å²) in [5.74, 6) is -0.361. The summed E-state index contributed by atoms with van der Waals surface area (Å²) in [5.41, 5.74) is -1.01. The number of hydrogen-bond donors (Lipinski definition) is 0. The van der Waals surface area contributed by atoms with Crippen LogP contribution in [0.5, 0.6) is 0 Å². The van der Waals surface area contributed by atoms with E-state index in [0.717, 1.165) is 6.33 Å². The lowest BCUT2D eigenvalue weighted by atomic mass is 10.0. The summed E-state index contributed by atoms with van der Waals surface area (Å²) in [6.07, 6.45) is -3.66. The van der Waals surface area contributed by atoms with Crippen molar-refractivity contribution in [2.75, 3.05) is 0 Å². The summed E-state index contributed by atoms with van der Waals surface area (Å²) >= 11 is 5.58. The predicted molar refractivity (Wildman–Crippen MR) is 46.1 cm³/mol. The molecule has 0 saturated heterocycles. The zero-order valence-corrected chi connectivity index (χ0v) is 8.32. The van der Waals surface area contributed by atoms with Gasteiger partial charge < -0.3 is 0 Å². The van der Waals surface area contributed by atoms with E-state index in [-0.39, 0.29) is 16.6 Å². The minimum atomic E-state index is -4.48. The summed E-state index contributed by atoms with van der Waals surface area (Å²) in [4.78, 5) is 6.74. The van der Waals surface area contributed by atoms with E-state index < -0.39 is 11.9 Å². The van der Waals surface area contributed by atoms with Gasteiger partial charge in [0, 0.05) is 5.56 Å². The highest BCUT2D eigenvalue weighted by Crippen LogP contribution is 2.35. The molecule has 1 rings (SSSR count). The highest BCUT2D eigenvalue weighted by atomic mass is 35.5. The molecule has 0 aliphatic heterocycles. The Balaban J connectivity index is 3.36. The van der Waals surface area contributed by atoms with Crippen molar-refractivity contribution in [2.45, 2.75) is 25.9 Å². The van der Waals surface area contributed by atoms with Gasteiger partial charge in [-0.25, -0.2) is 9.97 Å². The van der Waals surface area contributed by atoms with Gasteiger partial charge in [0.25, 0.3) is 0 Å². The van der Waals surface area contributed by atoms with Crippen LogP contribution in [0.15, 0.2) is 6.33 Å². The average molecular weight is 225 g/mol. The van der Waals surface area contributed by atoms with Crippen LogP contribution in [0, 0.1) is 0 Å². The molecular formula is C8H8ClF3N2. The van der Waals surface area contributed by atoms with Gasteiger partial charge >= 0.3 is 6.18 Å². The molecule has 0 unspecified atom stereocenters. The molecule has 6 heteroatoms. The molecule has 0 atom stereocenters. The highest BCUT2D eigenvalue weighted by Gasteiger charge is 2.37. The first-order valence-corrected chi connectivity index (χ1v) is 4.29. The standard InChI is InChI=1S/C8H8ClF3N2/c1-4(2)5-6(8(10,11)12)13-3-14-7(5)9/h3-4H,1-2H3. The molecule has 0 amide bonds. The first kappa shape index (κ1) is 11.2. The molecule has 0 radical (unpaired) electrons. The van der Waals surface area contributed by atoms with Gasteiger partial charge in [-0.3, -0.25) is 0 Å². The zero-order valence-electron chi connectivity index (χ0n) is 7.56. The summed E-state index contributed by atoms with van der Waals surface area (Å²) in [5, 5.41) is -0.137. The van der Waals surface area contributed by atoms with Crippen molar-refractivity contribution in [3.8, 4) is 0 Å². The molecular weight excluding hydrogens is 217 g/mol. The smallest absolute Gasteiger partial charge is 0.231 e.